The zero-order valence-corrected chi connectivity index (χ0v) is 16.1. The van der Waals surface area contributed by atoms with Gasteiger partial charge in [0.2, 0.25) is 5.91 Å². The van der Waals surface area contributed by atoms with Crippen LogP contribution in [-0.4, -0.2) is 29.0 Å². The van der Waals surface area contributed by atoms with Crippen molar-refractivity contribution in [3.63, 3.8) is 0 Å². The normalized spacial score (nSPS) is 11.3. The lowest BCUT2D eigenvalue weighted by Crippen LogP contribution is -2.16. The molecule has 1 aromatic carbocycles. The van der Waals surface area contributed by atoms with E-state index < -0.39 is 17.6 Å². The Balaban J connectivity index is 1.63. The number of methoxy groups -OCH3 is 1. The van der Waals surface area contributed by atoms with Crippen molar-refractivity contribution in [3.8, 4) is 16.3 Å². The fourth-order valence-corrected chi connectivity index (χ4v) is 3.56. The number of carbonyl (C=O) groups excluding carboxylic acids is 1. The van der Waals surface area contributed by atoms with Gasteiger partial charge in [0.1, 0.15) is 16.5 Å². The summed E-state index contributed by atoms with van der Waals surface area (Å²) >= 11 is 2.67. The van der Waals surface area contributed by atoms with Crippen molar-refractivity contribution in [1.29, 1.82) is 0 Å². The molecule has 0 fully saturated rings. The minimum Gasteiger partial charge on any atom is -0.495 e. The van der Waals surface area contributed by atoms with E-state index in [1.54, 1.807) is 23.5 Å². The Morgan fingerprint density at radius 2 is 2.04 bits per heavy atom. The summed E-state index contributed by atoms with van der Waals surface area (Å²) in [6.07, 6.45) is -4.51. The van der Waals surface area contributed by atoms with E-state index in [1.165, 1.54) is 13.2 Å². The number of rotatable bonds is 6. The molecule has 0 aliphatic carbocycles. The van der Waals surface area contributed by atoms with Crippen LogP contribution in [0.4, 0.5) is 18.9 Å². The number of benzene rings is 1. The molecule has 0 atom stereocenters. The van der Waals surface area contributed by atoms with E-state index in [-0.39, 0.29) is 17.2 Å². The fraction of sp³-hybridized carbons (Fsp3) is 0.167. The van der Waals surface area contributed by atoms with Crippen LogP contribution in [0.25, 0.3) is 10.6 Å². The van der Waals surface area contributed by atoms with Crippen molar-refractivity contribution in [3.05, 3.63) is 53.4 Å². The topological polar surface area (TPSA) is 64.1 Å². The molecule has 1 N–H and O–H groups in total. The average molecular weight is 425 g/mol. The summed E-state index contributed by atoms with van der Waals surface area (Å²) in [7, 11) is 1.32. The van der Waals surface area contributed by atoms with Crippen molar-refractivity contribution in [2.24, 2.45) is 0 Å². The Hall–Kier alpha value is -2.59. The van der Waals surface area contributed by atoms with Crippen molar-refractivity contribution in [2.45, 2.75) is 11.2 Å². The van der Waals surface area contributed by atoms with Gasteiger partial charge < -0.3 is 10.1 Å². The summed E-state index contributed by atoms with van der Waals surface area (Å²) in [5, 5.41) is 13.1. The predicted molar refractivity (Wildman–Crippen MR) is 103 cm³/mol. The highest BCUT2D eigenvalue weighted by atomic mass is 32.2. The Kier molecular flexibility index (Phi) is 6.20. The molecular weight excluding hydrogens is 411 g/mol. The number of hydrogen-bond acceptors (Lipinski definition) is 6. The molecular formula is C18H14F3N3O2S2. The number of nitrogens with one attached hydrogen (secondary N) is 1. The van der Waals surface area contributed by atoms with E-state index in [1.807, 2.05) is 17.5 Å². The number of halogens is 3. The number of hydrogen-bond donors (Lipinski definition) is 1. The quantitative estimate of drug-likeness (QED) is 0.566. The van der Waals surface area contributed by atoms with E-state index in [2.05, 4.69) is 15.5 Å². The highest BCUT2D eigenvalue weighted by Gasteiger charge is 2.31. The summed E-state index contributed by atoms with van der Waals surface area (Å²) in [5.41, 5.74) is -0.175. The maximum absolute atomic E-state index is 12.9. The van der Waals surface area contributed by atoms with Crippen LogP contribution in [-0.2, 0) is 11.0 Å². The smallest absolute Gasteiger partial charge is 0.416 e. The van der Waals surface area contributed by atoms with Crippen LogP contribution in [0.2, 0.25) is 0 Å². The van der Waals surface area contributed by atoms with E-state index in [9.17, 15) is 18.0 Å². The first-order valence-electron chi connectivity index (χ1n) is 7.92. The molecule has 0 spiro atoms. The molecule has 3 rings (SSSR count). The number of thiophene rings is 1. The zero-order chi connectivity index (χ0) is 20.1. The largest absolute Gasteiger partial charge is 0.495 e. The zero-order valence-electron chi connectivity index (χ0n) is 14.5. The number of thioether (sulfide) groups is 1. The maximum Gasteiger partial charge on any atom is 0.416 e. The van der Waals surface area contributed by atoms with Crippen LogP contribution < -0.4 is 10.1 Å². The monoisotopic (exact) mass is 425 g/mol. The van der Waals surface area contributed by atoms with Gasteiger partial charge in [-0.1, -0.05) is 17.8 Å². The molecule has 5 nitrogen and oxygen atoms in total. The van der Waals surface area contributed by atoms with Gasteiger partial charge in [-0.05, 0) is 41.8 Å². The van der Waals surface area contributed by atoms with E-state index in [0.717, 1.165) is 34.5 Å². The van der Waals surface area contributed by atoms with Crippen LogP contribution in [0.15, 0.2) is 52.9 Å². The number of anilines is 1. The Labute approximate surface area is 166 Å². The Morgan fingerprint density at radius 1 is 1.21 bits per heavy atom. The van der Waals surface area contributed by atoms with Crippen LogP contribution in [0.1, 0.15) is 5.56 Å². The highest BCUT2D eigenvalue weighted by Crippen LogP contribution is 2.35. The molecule has 3 aromatic rings. The van der Waals surface area contributed by atoms with Crippen molar-refractivity contribution < 1.29 is 22.7 Å². The molecule has 10 heteroatoms. The number of carbonyl (C=O) groups is 1. The summed E-state index contributed by atoms with van der Waals surface area (Å²) < 4.78 is 43.6. The molecule has 0 aliphatic heterocycles. The van der Waals surface area contributed by atoms with E-state index in [0.29, 0.717) is 5.03 Å². The standard InChI is InChI=1S/C18H14F3N3O2S2/c1-26-14-6-4-11(18(19,20)21)9-13(14)22-16(25)10-28-17-7-5-12(23-24-17)15-3-2-8-27-15/h2-9H,10H2,1H3,(H,22,25). The highest BCUT2D eigenvalue weighted by molar-refractivity contribution is 7.99. The van der Waals surface area contributed by atoms with Crippen LogP contribution in [0.5, 0.6) is 5.75 Å². The number of ether oxygens (including phenoxy) is 1. The van der Waals surface area contributed by atoms with Crippen LogP contribution in [0, 0.1) is 0 Å². The second-order valence-electron chi connectivity index (χ2n) is 5.48. The molecule has 0 radical (unpaired) electrons. The third kappa shape index (κ3) is 5.02. The third-order valence-corrected chi connectivity index (χ3v) is 5.38. The van der Waals surface area contributed by atoms with Gasteiger partial charge in [0.15, 0.2) is 0 Å². The molecule has 0 unspecified atom stereocenters. The number of amides is 1. The second-order valence-corrected chi connectivity index (χ2v) is 7.43. The second kappa shape index (κ2) is 8.61. The van der Waals surface area contributed by atoms with Gasteiger partial charge >= 0.3 is 6.18 Å². The number of aromatic nitrogens is 2. The van der Waals surface area contributed by atoms with Gasteiger partial charge in [-0.25, -0.2) is 0 Å². The summed E-state index contributed by atoms with van der Waals surface area (Å²) in [4.78, 5) is 13.1. The van der Waals surface area contributed by atoms with Crippen LogP contribution >= 0.6 is 23.1 Å². The first-order valence-corrected chi connectivity index (χ1v) is 9.79. The predicted octanol–water partition coefficient (Wildman–Crippen LogP) is 4.96. The maximum atomic E-state index is 12.9. The number of alkyl halides is 3. The molecule has 0 saturated carbocycles. The summed E-state index contributed by atoms with van der Waals surface area (Å²) in [6.45, 7) is 0. The van der Waals surface area contributed by atoms with Gasteiger partial charge in [-0.15, -0.1) is 21.5 Å². The molecule has 2 aromatic heterocycles. The summed E-state index contributed by atoms with van der Waals surface area (Å²) in [5.74, 6) is -0.370. The van der Waals surface area contributed by atoms with Gasteiger partial charge in [0, 0.05) is 0 Å². The SMILES string of the molecule is COc1ccc(C(F)(F)F)cc1NC(=O)CSc1ccc(-c2cccs2)nn1. The lowest BCUT2D eigenvalue weighted by molar-refractivity contribution is -0.137. The molecule has 28 heavy (non-hydrogen) atoms. The van der Waals surface area contributed by atoms with Gasteiger partial charge in [-0.3, -0.25) is 4.79 Å². The molecule has 0 bridgehead atoms. The first kappa shape index (κ1) is 20.2. The minimum atomic E-state index is -4.51. The lowest BCUT2D eigenvalue weighted by Gasteiger charge is -2.13. The van der Waals surface area contributed by atoms with Crippen LogP contribution in [0.3, 0.4) is 0 Å². The van der Waals surface area contributed by atoms with Crippen molar-refractivity contribution in [2.75, 3.05) is 18.2 Å². The minimum absolute atomic E-state index is 0.0353. The fourth-order valence-electron chi connectivity index (χ4n) is 2.26. The van der Waals surface area contributed by atoms with Crippen molar-refractivity contribution in [1.82, 2.24) is 10.2 Å². The summed E-state index contributed by atoms with van der Waals surface area (Å²) in [6, 6.07) is 10.3. The molecule has 1 amide bonds. The number of nitrogens with zero attached hydrogens (tertiary/aromatic N) is 2. The van der Waals surface area contributed by atoms with Gasteiger partial charge in [0.05, 0.1) is 29.0 Å². The van der Waals surface area contributed by atoms with E-state index in [4.69, 9.17) is 4.74 Å². The van der Waals surface area contributed by atoms with Gasteiger partial charge in [0.25, 0.3) is 0 Å². The van der Waals surface area contributed by atoms with E-state index >= 15 is 0 Å². The Morgan fingerprint density at radius 3 is 2.64 bits per heavy atom. The Bertz CT molecular complexity index is 946. The molecule has 146 valence electrons. The first-order chi connectivity index (χ1) is 13.4. The lowest BCUT2D eigenvalue weighted by atomic mass is 10.2. The van der Waals surface area contributed by atoms with Crippen molar-refractivity contribution >= 4 is 34.7 Å². The average Bonchev–Trinajstić information content (AvgIpc) is 3.21. The molecule has 2 heterocycles. The molecule has 0 saturated heterocycles. The van der Waals surface area contributed by atoms with Gasteiger partial charge in [-0.2, -0.15) is 13.2 Å². The molecule has 0 aliphatic rings. The third-order valence-electron chi connectivity index (χ3n) is 3.57.